The fourth-order valence-corrected chi connectivity index (χ4v) is 2.65. The van der Waals surface area contributed by atoms with Crippen molar-refractivity contribution in [1.29, 1.82) is 0 Å². The highest BCUT2D eigenvalue weighted by atomic mass is 79.9. The van der Waals surface area contributed by atoms with E-state index in [1.165, 1.54) is 0 Å². The molecule has 2 rings (SSSR count). The van der Waals surface area contributed by atoms with Crippen LogP contribution in [-0.4, -0.2) is 28.6 Å². The van der Waals surface area contributed by atoms with Gasteiger partial charge in [-0.1, -0.05) is 13.3 Å². The molecule has 1 aliphatic carbocycles. The van der Waals surface area contributed by atoms with E-state index < -0.39 is 0 Å². The molecule has 1 aromatic rings. The van der Waals surface area contributed by atoms with Crippen LogP contribution in [0.25, 0.3) is 0 Å². The third-order valence-corrected chi connectivity index (χ3v) is 4.18. The Labute approximate surface area is 115 Å². The van der Waals surface area contributed by atoms with Gasteiger partial charge in [0.05, 0.1) is 6.61 Å². The van der Waals surface area contributed by atoms with Gasteiger partial charge in [0.1, 0.15) is 5.69 Å². The average molecular weight is 313 g/mol. The summed E-state index contributed by atoms with van der Waals surface area (Å²) in [5.41, 5.74) is 0.204. The Morgan fingerprint density at radius 2 is 2.44 bits per heavy atom. The number of rotatable bonds is 3. The smallest absolute Gasteiger partial charge is 0.270 e. The molecule has 18 heavy (non-hydrogen) atoms. The van der Waals surface area contributed by atoms with E-state index in [9.17, 15) is 9.90 Å². The summed E-state index contributed by atoms with van der Waals surface area (Å²) in [6, 6.07) is 3.51. The molecule has 98 valence electrons. The molecule has 4 nitrogen and oxygen atoms in total. The largest absolute Gasteiger partial charge is 0.396 e. The van der Waals surface area contributed by atoms with Crippen LogP contribution in [0.2, 0.25) is 0 Å². The van der Waals surface area contributed by atoms with Gasteiger partial charge in [-0.25, -0.2) is 4.98 Å². The van der Waals surface area contributed by atoms with E-state index in [1.54, 1.807) is 18.3 Å². The Hall–Kier alpha value is -0.940. The van der Waals surface area contributed by atoms with E-state index >= 15 is 0 Å². The van der Waals surface area contributed by atoms with Crippen molar-refractivity contribution in [3.05, 3.63) is 28.5 Å². The molecule has 0 aliphatic heterocycles. The molecule has 5 heteroatoms. The molecule has 0 saturated heterocycles. The number of amides is 1. The van der Waals surface area contributed by atoms with Crippen molar-refractivity contribution < 1.29 is 9.90 Å². The molecule has 1 aliphatic rings. The van der Waals surface area contributed by atoms with Crippen molar-refractivity contribution in [1.82, 2.24) is 10.3 Å². The Morgan fingerprint density at radius 1 is 1.67 bits per heavy atom. The Balaban J connectivity index is 2.05. The van der Waals surface area contributed by atoms with Crippen molar-refractivity contribution in [3.63, 3.8) is 0 Å². The minimum Gasteiger partial charge on any atom is -0.396 e. The van der Waals surface area contributed by atoms with Crippen LogP contribution in [-0.2, 0) is 0 Å². The van der Waals surface area contributed by atoms with Gasteiger partial charge >= 0.3 is 0 Å². The summed E-state index contributed by atoms with van der Waals surface area (Å²) in [6.07, 6.45) is 4.51. The summed E-state index contributed by atoms with van der Waals surface area (Å²) in [4.78, 5) is 16.1. The summed E-state index contributed by atoms with van der Waals surface area (Å²) in [6.45, 7) is 2.12. The van der Waals surface area contributed by atoms with Gasteiger partial charge in [-0.15, -0.1) is 0 Å². The minimum absolute atomic E-state index is 0.0282. The minimum atomic E-state index is -0.203. The van der Waals surface area contributed by atoms with Crippen LogP contribution < -0.4 is 5.32 Å². The highest BCUT2D eigenvalue weighted by molar-refractivity contribution is 9.10. The predicted octanol–water partition coefficient (Wildman–Crippen LogP) is 2.12. The first kappa shape index (κ1) is 13.5. The van der Waals surface area contributed by atoms with Crippen LogP contribution >= 0.6 is 15.9 Å². The number of pyridine rings is 1. The quantitative estimate of drug-likeness (QED) is 0.898. The highest BCUT2D eigenvalue weighted by Gasteiger charge is 2.39. The van der Waals surface area contributed by atoms with Gasteiger partial charge in [-0.2, -0.15) is 0 Å². The maximum Gasteiger partial charge on any atom is 0.270 e. The number of aliphatic hydroxyl groups is 1. The van der Waals surface area contributed by atoms with E-state index in [2.05, 4.69) is 26.2 Å². The first-order valence-electron chi connectivity index (χ1n) is 6.08. The first-order valence-corrected chi connectivity index (χ1v) is 6.88. The zero-order valence-electron chi connectivity index (χ0n) is 10.3. The van der Waals surface area contributed by atoms with Crippen LogP contribution in [0.15, 0.2) is 22.8 Å². The van der Waals surface area contributed by atoms with Crippen molar-refractivity contribution in [2.24, 2.45) is 5.41 Å². The Bertz CT molecular complexity index is 435. The molecule has 0 aromatic carbocycles. The molecule has 0 spiro atoms. The van der Waals surface area contributed by atoms with E-state index in [0.717, 1.165) is 23.7 Å². The summed E-state index contributed by atoms with van der Waals surface area (Å²) < 4.78 is 0.847. The molecule has 1 aromatic heterocycles. The van der Waals surface area contributed by atoms with Crippen LogP contribution in [0, 0.1) is 5.41 Å². The van der Waals surface area contributed by atoms with Crippen molar-refractivity contribution in [2.75, 3.05) is 6.61 Å². The van der Waals surface area contributed by atoms with Crippen molar-refractivity contribution in [2.45, 2.75) is 32.2 Å². The number of aliphatic hydroxyl groups excluding tert-OH is 1. The van der Waals surface area contributed by atoms with Gasteiger partial charge in [0.2, 0.25) is 0 Å². The SMILES string of the molecule is CC1(CO)CCCC1NC(=O)c1ccc(Br)cn1. The van der Waals surface area contributed by atoms with Crippen LogP contribution in [0.4, 0.5) is 0 Å². The monoisotopic (exact) mass is 312 g/mol. The number of nitrogens with zero attached hydrogens (tertiary/aromatic N) is 1. The van der Waals surface area contributed by atoms with Gasteiger partial charge in [-0.05, 0) is 40.9 Å². The summed E-state index contributed by atoms with van der Waals surface area (Å²) in [5, 5.41) is 12.4. The summed E-state index contributed by atoms with van der Waals surface area (Å²) in [7, 11) is 0. The summed E-state index contributed by atoms with van der Waals surface area (Å²) >= 11 is 3.28. The number of halogens is 1. The lowest BCUT2D eigenvalue weighted by Crippen LogP contribution is -2.44. The zero-order chi connectivity index (χ0) is 13.2. The van der Waals surface area contributed by atoms with E-state index in [4.69, 9.17) is 0 Å². The van der Waals surface area contributed by atoms with Gasteiger partial charge in [-0.3, -0.25) is 4.79 Å². The third-order valence-electron chi connectivity index (χ3n) is 3.71. The van der Waals surface area contributed by atoms with Crippen LogP contribution in [0.3, 0.4) is 0 Å². The van der Waals surface area contributed by atoms with E-state index in [1.807, 2.05) is 6.92 Å². The molecule has 1 saturated carbocycles. The lowest BCUT2D eigenvalue weighted by molar-refractivity contribution is 0.0826. The van der Waals surface area contributed by atoms with Crippen LogP contribution in [0.1, 0.15) is 36.7 Å². The molecule has 2 unspecified atom stereocenters. The van der Waals surface area contributed by atoms with Crippen LogP contribution in [0.5, 0.6) is 0 Å². The number of aromatic nitrogens is 1. The second-order valence-electron chi connectivity index (χ2n) is 5.09. The summed E-state index contributed by atoms with van der Waals surface area (Å²) in [5.74, 6) is -0.172. The van der Waals surface area contributed by atoms with Gasteiger partial charge in [0.25, 0.3) is 5.91 Å². The zero-order valence-corrected chi connectivity index (χ0v) is 11.9. The number of carbonyl (C=O) groups is 1. The van der Waals surface area contributed by atoms with Crippen molar-refractivity contribution >= 4 is 21.8 Å². The molecule has 2 atom stereocenters. The lowest BCUT2D eigenvalue weighted by atomic mass is 9.86. The molecule has 0 radical (unpaired) electrons. The van der Waals surface area contributed by atoms with Gasteiger partial charge in [0.15, 0.2) is 0 Å². The number of carbonyl (C=O) groups excluding carboxylic acids is 1. The number of hydrogen-bond donors (Lipinski definition) is 2. The van der Waals surface area contributed by atoms with Gasteiger partial charge in [0, 0.05) is 22.1 Å². The third kappa shape index (κ3) is 2.72. The second kappa shape index (κ2) is 5.36. The average Bonchev–Trinajstić information content (AvgIpc) is 2.72. The molecule has 0 bridgehead atoms. The topological polar surface area (TPSA) is 62.2 Å². The molecular weight excluding hydrogens is 296 g/mol. The Morgan fingerprint density at radius 3 is 3.06 bits per heavy atom. The maximum absolute atomic E-state index is 12.0. The maximum atomic E-state index is 12.0. The fraction of sp³-hybridized carbons (Fsp3) is 0.538. The van der Waals surface area contributed by atoms with E-state index in [0.29, 0.717) is 5.69 Å². The fourth-order valence-electron chi connectivity index (χ4n) is 2.41. The van der Waals surface area contributed by atoms with E-state index in [-0.39, 0.29) is 24.0 Å². The molecular formula is C13H17BrN2O2. The molecule has 1 heterocycles. The Kier molecular flexibility index (Phi) is 4.02. The standard InChI is InChI=1S/C13H17BrN2O2/c1-13(8-17)6-2-3-11(13)16-12(18)10-5-4-9(14)7-15-10/h4-5,7,11,17H,2-3,6,8H2,1H3,(H,16,18). The second-order valence-corrected chi connectivity index (χ2v) is 6.01. The molecule has 2 N–H and O–H groups in total. The lowest BCUT2D eigenvalue weighted by Gasteiger charge is -2.29. The van der Waals surface area contributed by atoms with Gasteiger partial charge < -0.3 is 10.4 Å². The predicted molar refractivity (Wildman–Crippen MR) is 72.2 cm³/mol. The normalized spacial score (nSPS) is 27.2. The molecule has 1 fully saturated rings. The first-order chi connectivity index (χ1) is 8.55. The highest BCUT2D eigenvalue weighted by Crippen LogP contribution is 2.37. The molecule has 1 amide bonds. The number of nitrogens with one attached hydrogen (secondary N) is 1. The van der Waals surface area contributed by atoms with Crippen molar-refractivity contribution in [3.8, 4) is 0 Å². The number of hydrogen-bond acceptors (Lipinski definition) is 3.